The minimum Gasteiger partial charge on any atom is -0.352 e. The van der Waals surface area contributed by atoms with Crippen molar-refractivity contribution >= 4 is 28.6 Å². The topological polar surface area (TPSA) is 65.8 Å². The summed E-state index contributed by atoms with van der Waals surface area (Å²) in [5.41, 5.74) is 2.50. The predicted octanol–water partition coefficient (Wildman–Crippen LogP) is 4.20. The molecule has 1 saturated carbocycles. The van der Waals surface area contributed by atoms with E-state index in [1.54, 1.807) is 0 Å². The fourth-order valence-electron chi connectivity index (χ4n) is 3.43. The molecule has 1 aliphatic carbocycles. The largest absolute Gasteiger partial charge is 0.352 e. The average Bonchev–Trinajstić information content (AvgIpc) is 2.61. The fourth-order valence-corrected chi connectivity index (χ4v) is 4.20. The third-order valence-electron chi connectivity index (χ3n) is 4.93. The smallest absolute Gasteiger partial charge is 0.230 e. The zero-order chi connectivity index (χ0) is 17.8. The predicted molar refractivity (Wildman–Crippen MR) is 101 cm³/mol. The van der Waals surface area contributed by atoms with Crippen LogP contribution in [0, 0.1) is 24.2 Å². The van der Waals surface area contributed by atoms with E-state index < -0.39 is 0 Å². The number of fused-ring (bicyclic) bond motifs is 1. The summed E-state index contributed by atoms with van der Waals surface area (Å²) in [6.45, 7) is 4.21. The summed E-state index contributed by atoms with van der Waals surface area (Å²) in [7, 11) is 0. The number of amides is 1. The van der Waals surface area contributed by atoms with Crippen LogP contribution in [0.3, 0.4) is 0 Å². The Balaban J connectivity index is 1.71. The van der Waals surface area contributed by atoms with Gasteiger partial charge >= 0.3 is 0 Å². The van der Waals surface area contributed by atoms with Crippen LogP contribution in [0.15, 0.2) is 29.3 Å². The summed E-state index contributed by atoms with van der Waals surface area (Å²) in [6.07, 6.45) is 4.69. The first-order chi connectivity index (χ1) is 12.1. The van der Waals surface area contributed by atoms with E-state index in [0.29, 0.717) is 22.3 Å². The third kappa shape index (κ3) is 4.13. The van der Waals surface area contributed by atoms with Gasteiger partial charge < -0.3 is 5.32 Å². The van der Waals surface area contributed by atoms with Crippen LogP contribution in [0.2, 0.25) is 0 Å². The van der Waals surface area contributed by atoms with Gasteiger partial charge in [0.1, 0.15) is 11.1 Å². The molecule has 4 nitrogen and oxygen atoms in total. The van der Waals surface area contributed by atoms with Crippen molar-refractivity contribution in [2.45, 2.75) is 50.6 Å². The molecule has 1 aliphatic rings. The summed E-state index contributed by atoms with van der Waals surface area (Å²) in [6, 6.07) is 10.3. The molecule has 0 aliphatic heterocycles. The Labute approximate surface area is 153 Å². The number of nitrogens with zero attached hydrogens (tertiary/aromatic N) is 2. The minimum atomic E-state index is 0.0271. The highest BCUT2D eigenvalue weighted by Crippen LogP contribution is 2.27. The van der Waals surface area contributed by atoms with Crippen LogP contribution in [0.5, 0.6) is 0 Å². The molecule has 1 aromatic carbocycles. The number of thioether (sulfide) groups is 1. The van der Waals surface area contributed by atoms with Crippen molar-refractivity contribution in [1.82, 2.24) is 10.3 Å². The number of para-hydroxylation sites is 1. The van der Waals surface area contributed by atoms with Gasteiger partial charge in [-0.1, -0.05) is 49.7 Å². The maximum absolute atomic E-state index is 12.3. The summed E-state index contributed by atoms with van der Waals surface area (Å²) < 4.78 is 0. The molecule has 0 unspecified atom stereocenters. The van der Waals surface area contributed by atoms with Crippen LogP contribution in [0.25, 0.3) is 10.9 Å². The second-order valence-electron chi connectivity index (χ2n) is 6.82. The monoisotopic (exact) mass is 353 g/mol. The van der Waals surface area contributed by atoms with Crippen LogP contribution in [-0.2, 0) is 4.79 Å². The lowest BCUT2D eigenvalue weighted by molar-refractivity contribution is -0.119. The number of carbonyl (C=O) groups excluding carboxylic acids is 1. The first kappa shape index (κ1) is 17.8. The van der Waals surface area contributed by atoms with E-state index in [-0.39, 0.29) is 11.9 Å². The van der Waals surface area contributed by atoms with Gasteiger partial charge in [0, 0.05) is 11.4 Å². The van der Waals surface area contributed by atoms with Gasteiger partial charge in [-0.15, -0.1) is 0 Å². The van der Waals surface area contributed by atoms with Gasteiger partial charge in [-0.05, 0) is 37.3 Å². The van der Waals surface area contributed by atoms with Crippen molar-refractivity contribution in [3.8, 4) is 6.07 Å². The minimum absolute atomic E-state index is 0.0271. The van der Waals surface area contributed by atoms with Crippen LogP contribution in [0.1, 0.15) is 43.7 Å². The van der Waals surface area contributed by atoms with E-state index in [1.807, 2.05) is 31.2 Å². The highest BCUT2D eigenvalue weighted by molar-refractivity contribution is 8.00. The van der Waals surface area contributed by atoms with Crippen molar-refractivity contribution in [2.75, 3.05) is 5.75 Å². The van der Waals surface area contributed by atoms with Gasteiger partial charge in [-0.3, -0.25) is 4.79 Å². The molecule has 1 heterocycles. The lowest BCUT2D eigenvalue weighted by Gasteiger charge is -2.29. The highest BCUT2D eigenvalue weighted by atomic mass is 32.2. The zero-order valence-electron chi connectivity index (χ0n) is 14.7. The number of nitriles is 1. The number of aromatic nitrogens is 1. The first-order valence-electron chi connectivity index (χ1n) is 8.81. The Bertz CT molecular complexity index is 828. The van der Waals surface area contributed by atoms with Crippen molar-refractivity contribution in [2.24, 2.45) is 5.92 Å². The molecule has 0 bridgehead atoms. The maximum atomic E-state index is 12.3. The Morgan fingerprint density at radius 2 is 2.20 bits per heavy atom. The summed E-state index contributed by atoms with van der Waals surface area (Å²) >= 11 is 1.35. The van der Waals surface area contributed by atoms with E-state index in [0.717, 1.165) is 22.9 Å². The van der Waals surface area contributed by atoms with Crippen LogP contribution in [0.4, 0.5) is 0 Å². The molecule has 0 saturated heterocycles. The van der Waals surface area contributed by atoms with E-state index in [2.05, 4.69) is 23.3 Å². The lowest BCUT2D eigenvalue weighted by atomic mass is 9.86. The standard InChI is InChI=1S/C20H23N3OS/c1-13-6-3-4-9-17(13)22-18(24)12-25-20-16(11-21)10-15-8-5-7-14(2)19(15)23-20/h5,7-8,10,13,17H,3-4,6,9,12H2,1-2H3,(H,22,24)/t13-,17-/m0/s1. The highest BCUT2D eigenvalue weighted by Gasteiger charge is 2.23. The Hall–Kier alpha value is -2.06. The normalized spacial score (nSPS) is 20.2. The average molecular weight is 353 g/mol. The molecule has 130 valence electrons. The fraction of sp³-hybridized carbons (Fsp3) is 0.450. The Morgan fingerprint density at radius 1 is 1.40 bits per heavy atom. The molecule has 2 atom stereocenters. The third-order valence-corrected chi connectivity index (χ3v) is 5.92. The van der Waals surface area contributed by atoms with Gasteiger partial charge in [0.05, 0.1) is 16.8 Å². The molecule has 5 heteroatoms. The quantitative estimate of drug-likeness (QED) is 0.837. The molecule has 1 N–H and O–H groups in total. The zero-order valence-corrected chi connectivity index (χ0v) is 15.5. The maximum Gasteiger partial charge on any atom is 0.230 e. The Kier molecular flexibility index (Phi) is 5.60. The van der Waals surface area contributed by atoms with Gasteiger partial charge in [0.15, 0.2) is 0 Å². The van der Waals surface area contributed by atoms with Crippen molar-refractivity contribution in [1.29, 1.82) is 5.26 Å². The molecule has 3 rings (SSSR count). The van der Waals surface area contributed by atoms with Crippen molar-refractivity contribution in [3.05, 3.63) is 35.4 Å². The number of hydrogen-bond acceptors (Lipinski definition) is 4. The number of benzene rings is 1. The van der Waals surface area contributed by atoms with Gasteiger partial charge in [-0.25, -0.2) is 4.98 Å². The number of aryl methyl sites for hydroxylation is 1. The summed E-state index contributed by atoms with van der Waals surface area (Å²) in [5, 5.41) is 14.2. The molecular weight excluding hydrogens is 330 g/mol. The first-order valence-corrected chi connectivity index (χ1v) is 9.79. The number of hydrogen-bond donors (Lipinski definition) is 1. The molecule has 0 spiro atoms. The van der Waals surface area contributed by atoms with E-state index in [1.165, 1.54) is 31.0 Å². The Morgan fingerprint density at radius 3 is 2.96 bits per heavy atom. The molecule has 1 amide bonds. The van der Waals surface area contributed by atoms with Gasteiger partial charge in [0.25, 0.3) is 0 Å². The van der Waals surface area contributed by atoms with E-state index in [9.17, 15) is 10.1 Å². The number of carbonyl (C=O) groups is 1. The number of pyridine rings is 1. The number of rotatable bonds is 4. The number of nitrogens with one attached hydrogen (secondary N) is 1. The molecular formula is C20H23N3OS. The van der Waals surface area contributed by atoms with Gasteiger partial charge in [-0.2, -0.15) is 5.26 Å². The van der Waals surface area contributed by atoms with Crippen LogP contribution in [-0.4, -0.2) is 22.7 Å². The summed E-state index contributed by atoms with van der Waals surface area (Å²) in [4.78, 5) is 17.0. The van der Waals surface area contributed by atoms with E-state index >= 15 is 0 Å². The molecule has 2 aromatic rings. The summed E-state index contributed by atoms with van der Waals surface area (Å²) in [5.74, 6) is 0.862. The second-order valence-corrected chi connectivity index (χ2v) is 7.79. The molecule has 0 radical (unpaired) electrons. The van der Waals surface area contributed by atoms with Gasteiger partial charge in [0.2, 0.25) is 5.91 Å². The van der Waals surface area contributed by atoms with E-state index in [4.69, 9.17) is 0 Å². The molecule has 1 aromatic heterocycles. The second kappa shape index (κ2) is 7.88. The van der Waals surface area contributed by atoms with Crippen molar-refractivity contribution < 1.29 is 4.79 Å². The lowest BCUT2D eigenvalue weighted by Crippen LogP contribution is -2.41. The molecule has 1 fully saturated rings. The molecule has 25 heavy (non-hydrogen) atoms. The SMILES string of the molecule is Cc1cccc2cc(C#N)c(SCC(=O)N[C@H]3CCCC[C@@H]3C)nc12. The van der Waals surface area contributed by atoms with Crippen molar-refractivity contribution in [3.63, 3.8) is 0 Å². The van der Waals surface area contributed by atoms with Crippen LogP contribution >= 0.6 is 11.8 Å². The van der Waals surface area contributed by atoms with Crippen LogP contribution < -0.4 is 5.32 Å².